The van der Waals surface area contributed by atoms with Crippen molar-refractivity contribution >= 4 is 12.2 Å². The molecule has 104 valence electrons. The van der Waals surface area contributed by atoms with Gasteiger partial charge >= 0.3 is 0 Å². The third-order valence-electron chi connectivity index (χ3n) is 2.67. The molecule has 0 aromatic heterocycles. The van der Waals surface area contributed by atoms with Gasteiger partial charge in [0.2, 0.25) is 0 Å². The maximum absolute atomic E-state index is 11.7. The molecule has 0 spiro atoms. The van der Waals surface area contributed by atoms with Crippen LogP contribution in [-0.4, -0.2) is 25.3 Å². The molecule has 19 heavy (non-hydrogen) atoms. The molecular formula is C15H21NO3. The molecule has 0 fully saturated rings. The summed E-state index contributed by atoms with van der Waals surface area (Å²) in [6, 6.07) is 7.10. The van der Waals surface area contributed by atoms with Crippen LogP contribution in [0.3, 0.4) is 0 Å². The molecule has 0 radical (unpaired) electrons. The van der Waals surface area contributed by atoms with E-state index in [2.05, 4.69) is 12.2 Å². The lowest BCUT2D eigenvalue weighted by Crippen LogP contribution is -2.24. The molecule has 0 aliphatic rings. The van der Waals surface area contributed by atoms with Gasteiger partial charge in [-0.1, -0.05) is 13.3 Å². The molecule has 0 unspecified atom stereocenters. The van der Waals surface area contributed by atoms with E-state index >= 15 is 0 Å². The quantitative estimate of drug-likeness (QED) is 0.550. The standard InChI is InChI=1S/C15H21NO3/c1-2-3-12-19-14-8-6-13(7-9-14)15(18)16-10-4-5-11-17/h6-9,11H,2-5,10,12H2,1H3,(H,16,18). The summed E-state index contributed by atoms with van der Waals surface area (Å²) < 4.78 is 5.52. The molecule has 1 N–H and O–H groups in total. The Labute approximate surface area is 114 Å². The van der Waals surface area contributed by atoms with Crippen LogP contribution in [0.15, 0.2) is 24.3 Å². The molecule has 1 aromatic carbocycles. The van der Waals surface area contributed by atoms with Crippen molar-refractivity contribution in [2.45, 2.75) is 32.6 Å². The lowest BCUT2D eigenvalue weighted by atomic mass is 10.2. The molecule has 1 amide bonds. The zero-order valence-corrected chi connectivity index (χ0v) is 11.4. The second-order valence-electron chi connectivity index (χ2n) is 4.29. The molecule has 1 aromatic rings. The Morgan fingerprint density at radius 2 is 2.00 bits per heavy atom. The Hall–Kier alpha value is -1.84. The summed E-state index contributed by atoms with van der Waals surface area (Å²) in [4.78, 5) is 21.9. The minimum absolute atomic E-state index is 0.119. The summed E-state index contributed by atoms with van der Waals surface area (Å²) in [5.74, 6) is 0.664. The summed E-state index contributed by atoms with van der Waals surface area (Å²) in [7, 11) is 0. The maximum Gasteiger partial charge on any atom is 0.251 e. The van der Waals surface area contributed by atoms with Gasteiger partial charge in [0.15, 0.2) is 0 Å². The molecule has 0 atom stereocenters. The highest BCUT2D eigenvalue weighted by Gasteiger charge is 2.04. The number of carbonyl (C=O) groups excluding carboxylic acids is 2. The number of carbonyl (C=O) groups is 2. The van der Waals surface area contributed by atoms with E-state index in [1.807, 2.05) is 0 Å². The van der Waals surface area contributed by atoms with Crippen LogP contribution in [0, 0.1) is 0 Å². The largest absolute Gasteiger partial charge is 0.494 e. The van der Waals surface area contributed by atoms with Crippen LogP contribution in [0.4, 0.5) is 0 Å². The summed E-state index contributed by atoms with van der Waals surface area (Å²) in [6.45, 7) is 3.33. The number of aldehydes is 1. The average Bonchev–Trinajstić information content (AvgIpc) is 2.44. The number of unbranched alkanes of at least 4 members (excludes halogenated alkanes) is 2. The predicted octanol–water partition coefficient (Wildman–Crippen LogP) is 2.57. The molecule has 0 saturated carbocycles. The number of ether oxygens (including phenoxy) is 1. The Morgan fingerprint density at radius 3 is 2.63 bits per heavy atom. The first kappa shape index (κ1) is 15.2. The lowest BCUT2D eigenvalue weighted by molar-refractivity contribution is -0.107. The monoisotopic (exact) mass is 263 g/mol. The van der Waals surface area contributed by atoms with E-state index in [4.69, 9.17) is 4.74 Å². The van der Waals surface area contributed by atoms with E-state index in [1.54, 1.807) is 24.3 Å². The first-order valence-corrected chi connectivity index (χ1v) is 6.72. The van der Waals surface area contributed by atoms with Gasteiger partial charge in [-0.25, -0.2) is 0 Å². The van der Waals surface area contributed by atoms with E-state index < -0.39 is 0 Å². The van der Waals surface area contributed by atoms with Crippen molar-refractivity contribution in [3.63, 3.8) is 0 Å². The topological polar surface area (TPSA) is 55.4 Å². The zero-order chi connectivity index (χ0) is 13.9. The smallest absolute Gasteiger partial charge is 0.251 e. The Kier molecular flexibility index (Phi) is 7.32. The van der Waals surface area contributed by atoms with E-state index in [1.165, 1.54) is 0 Å². The van der Waals surface area contributed by atoms with Crippen LogP contribution in [0.5, 0.6) is 5.75 Å². The first-order chi connectivity index (χ1) is 9.27. The highest BCUT2D eigenvalue weighted by Crippen LogP contribution is 2.12. The number of hydrogen-bond acceptors (Lipinski definition) is 3. The van der Waals surface area contributed by atoms with Crippen molar-refractivity contribution in [1.82, 2.24) is 5.32 Å². The van der Waals surface area contributed by atoms with Gasteiger partial charge in [-0.3, -0.25) is 4.79 Å². The molecule has 1 rings (SSSR count). The van der Waals surface area contributed by atoms with Crippen molar-refractivity contribution in [2.75, 3.05) is 13.2 Å². The second kappa shape index (κ2) is 9.14. The third kappa shape index (κ3) is 6.04. The van der Waals surface area contributed by atoms with E-state index in [-0.39, 0.29) is 5.91 Å². The Morgan fingerprint density at radius 1 is 1.26 bits per heavy atom. The third-order valence-corrected chi connectivity index (χ3v) is 2.67. The normalized spacial score (nSPS) is 9.95. The van der Waals surface area contributed by atoms with Crippen molar-refractivity contribution < 1.29 is 14.3 Å². The molecule has 4 heteroatoms. The number of nitrogens with one attached hydrogen (secondary N) is 1. The highest BCUT2D eigenvalue weighted by atomic mass is 16.5. The Bertz CT molecular complexity index is 387. The molecule has 0 saturated heterocycles. The van der Waals surface area contributed by atoms with E-state index in [0.717, 1.165) is 24.9 Å². The minimum atomic E-state index is -0.119. The van der Waals surface area contributed by atoms with Crippen molar-refractivity contribution in [3.8, 4) is 5.75 Å². The van der Waals surface area contributed by atoms with Gasteiger partial charge in [-0.05, 0) is 37.1 Å². The van der Waals surface area contributed by atoms with Gasteiger partial charge < -0.3 is 14.8 Å². The summed E-state index contributed by atoms with van der Waals surface area (Å²) in [5, 5.41) is 2.77. The maximum atomic E-state index is 11.7. The zero-order valence-electron chi connectivity index (χ0n) is 11.4. The van der Waals surface area contributed by atoms with Crippen LogP contribution in [-0.2, 0) is 4.79 Å². The fourth-order valence-electron chi connectivity index (χ4n) is 1.53. The predicted molar refractivity (Wildman–Crippen MR) is 74.5 cm³/mol. The van der Waals surface area contributed by atoms with Crippen LogP contribution in [0.25, 0.3) is 0 Å². The van der Waals surface area contributed by atoms with Crippen LogP contribution >= 0.6 is 0 Å². The number of amides is 1. The van der Waals surface area contributed by atoms with Crippen LogP contribution in [0.1, 0.15) is 43.0 Å². The molecular weight excluding hydrogens is 242 g/mol. The lowest BCUT2D eigenvalue weighted by Gasteiger charge is -2.07. The van der Waals surface area contributed by atoms with Crippen molar-refractivity contribution in [2.24, 2.45) is 0 Å². The van der Waals surface area contributed by atoms with Gasteiger partial charge in [0.1, 0.15) is 12.0 Å². The second-order valence-corrected chi connectivity index (χ2v) is 4.29. The number of hydrogen-bond donors (Lipinski definition) is 1. The Balaban J connectivity index is 2.37. The molecule has 0 heterocycles. The van der Waals surface area contributed by atoms with Gasteiger partial charge in [0.05, 0.1) is 6.61 Å². The van der Waals surface area contributed by atoms with Gasteiger partial charge in [0.25, 0.3) is 5.91 Å². The van der Waals surface area contributed by atoms with Crippen molar-refractivity contribution in [1.29, 1.82) is 0 Å². The summed E-state index contributed by atoms with van der Waals surface area (Å²) >= 11 is 0. The van der Waals surface area contributed by atoms with Crippen LogP contribution in [0.2, 0.25) is 0 Å². The van der Waals surface area contributed by atoms with E-state index in [9.17, 15) is 9.59 Å². The number of rotatable bonds is 9. The SMILES string of the molecule is CCCCOc1ccc(C(=O)NCCCC=O)cc1. The molecule has 4 nitrogen and oxygen atoms in total. The molecule has 0 bridgehead atoms. The van der Waals surface area contributed by atoms with Crippen LogP contribution < -0.4 is 10.1 Å². The van der Waals surface area contributed by atoms with Gasteiger partial charge in [0, 0.05) is 18.5 Å². The number of benzene rings is 1. The summed E-state index contributed by atoms with van der Waals surface area (Å²) in [6.07, 6.45) is 4.13. The highest BCUT2D eigenvalue weighted by molar-refractivity contribution is 5.94. The summed E-state index contributed by atoms with van der Waals surface area (Å²) in [5.41, 5.74) is 0.606. The fourth-order valence-corrected chi connectivity index (χ4v) is 1.53. The van der Waals surface area contributed by atoms with Gasteiger partial charge in [-0.15, -0.1) is 0 Å². The van der Waals surface area contributed by atoms with Gasteiger partial charge in [-0.2, -0.15) is 0 Å². The molecule has 0 aliphatic carbocycles. The van der Waals surface area contributed by atoms with Crippen molar-refractivity contribution in [3.05, 3.63) is 29.8 Å². The average molecular weight is 263 g/mol. The minimum Gasteiger partial charge on any atom is -0.494 e. The molecule has 0 aliphatic heterocycles. The van der Waals surface area contributed by atoms with E-state index in [0.29, 0.717) is 31.6 Å². The first-order valence-electron chi connectivity index (χ1n) is 6.72. The fraction of sp³-hybridized carbons (Fsp3) is 0.467.